The van der Waals surface area contributed by atoms with Gasteiger partial charge in [-0.2, -0.15) is 0 Å². The highest BCUT2D eigenvalue weighted by Gasteiger charge is 2.29. The molecule has 7 heteroatoms. The quantitative estimate of drug-likeness (QED) is 0.891. The van der Waals surface area contributed by atoms with Crippen molar-refractivity contribution in [2.24, 2.45) is 0 Å². The molecule has 1 aliphatic rings. The van der Waals surface area contributed by atoms with Crippen LogP contribution in [0.25, 0.3) is 10.9 Å². The Morgan fingerprint density at radius 1 is 1.45 bits per heavy atom. The molecule has 22 heavy (non-hydrogen) atoms. The molecular weight excluding hydrogens is 291 g/mol. The molecule has 0 aliphatic carbocycles. The van der Waals surface area contributed by atoms with Gasteiger partial charge in [-0.05, 0) is 23.8 Å². The van der Waals surface area contributed by atoms with Crippen molar-refractivity contribution >= 4 is 22.8 Å². The number of amides is 1. The summed E-state index contributed by atoms with van der Waals surface area (Å²) in [7, 11) is 0. The van der Waals surface area contributed by atoms with Gasteiger partial charge in [-0.25, -0.2) is 9.18 Å². The van der Waals surface area contributed by atoms with E-state index in [1.807, 2.05) is 0 Å². The van der Waals surface area contributed by atoms with E-state index in [0.29, 0.717) is 17.5 Å². The fourth-order valence-corrected chi connectivity index (χ4v) is 2.60. The van der Waals surface area contributed by atoms with Crippen LogP contribution in [0.3, 0.4) is 0 Å². The maximum atomic E-state index is 13.3. The number of halogens is 1. The number of aliphatic carboxylic acids is 1. The summed E-state index contributed by atoms with van der Waals surface area (Å²) in [6.07, 6.45) is 0.783. The van der Waals surface area contributed by atoms with Gasteiger partial charge in [0.15, 0.2) is 6.10 Å². The molecule has 0 spiro atoms. The number of hydrogen-bond acceptors (Lipinski definition) is 3. The molecule has 2 aromatic rings. The zero-order valence-electron chi connectivity index (χ0n) is 11.7. The molecule has 116 valence electrons. The molecule has 6 nitrogen and oxygen atoms in total. The number of ether oxygens (including phenoxy) is 1. The van der Waals surface area contributed by atoms with Crippen molar-refractivity contribution in [3.8, 4) is 0 Å². The van der Waals surface area contributed by atoms with E-state index < -0.39 is 12.1 Å². The monoisotopic (exact) mass is 306 g/mol. The van der Waals surface area contributed by atoms with Gasteiger partial charge in [-0.1, -0.05) is 0 Å². The summed E-state index contributed by atoms with van der Waals surface area (Å²) in [6.45, 7) is 0.593. The van der Waals surface area contributed by atoms with Crippen LogP contribution in [0.2, 0.25) is 0 Å². The van der Waals surface area contributed by atoms with E-state index >= 15 is 0 Å². The Hall–Kier alpha value is -2.41. The number of fused-ring (bicyclic) bond motifs is 1. The number of carboxylic acid groups (broad SMARTS) is 1. The van der Waals surface area contributed by atoms with Crippen LogP contribution < -0.4 is 0 Å². The van der Waals surface area contributed by atoms with Gasteiger partial charge >= 0.3 is 5.97 Å². The van der Waals surface area contributed by atoms with Crippen LogP contribution in [0.15, 0.2) is 24.4 Å². The highest BCUT2D eigenvalue weighted by Crippen LogP contribution is 2.20. The van der Waals surface area contributed by atoms with Crippen molar-refractivity contribution in [2.45, 2.75) is 12.5 Å². The van der Waals surface area contributed by atoms with Crippen LogP contribution in [-0.2, 0) is 20.7 Å². The smallest absolute Gasteiger partial charge is 0.334 e. The number of carbonyl (C=O) groups excluding carboxylic acids is 1. The summed E-state index contributed by atoms with van der Waals surface area (Å²) in [6, 6.07) is 4.35. The van der Waals surface area contributed by atoms with Crippen LogP contribution in [0.4, 0.5) is 4.39 Å². The number of aromatic nitrogens is 1. The van der Waals surface area contributed by atoms with Gasteiger partial charge in [0.05, 0.1) is 19.6 Å². The molecule has 2 heterocycles. The van der Waals surface area contributed by atoms with E-state index in [2.05, 4.69) is 4.98 Å². The van der Waals surface area contributed by atoms with Crippen molar-refractivity contribution in [3.63, 3.8) is 0 Å². The molecule has 0 radical (unpaired) electrons. The minimum atomic E-state index is -1.08. The largest absolute Gasteiger partial charge is 0.479 e. The fourth-order valence-electron chi connectivity index (χ4n) is 2.60. The average molecular weight is 306 g/mol. The third kappa shape index (κ3) is 2.80. The molecule has 0 unspecified atom stereocenters. The Labute approximate surface area is 125 Å². The Bertz CT molecular complexity index is 727. The molecule has 1 fully saturated rings. The van der Waals surface area contributed by atoms with E-state index in [4.69, 9.17) is 9.84 Å². The van der Waals surface area contributed by atoms with E-state index in [1.165, 1.54) is 17.0 Å². The topological polar surface area (TPSA) is 82.6 Å². The number of hydrogen-bond donors (Lipinski definition) is 2. The molecule has 1 aliphatic heterocycles. The van der Waals surface area contributed by atoms with Gasteiger partial charge in [0, 0.05) is 23.6 Å². The van der Waals surface area contributed by atoms with Gasteiger partial charge < -0.3 is 19.7 Å². The lowest BCUT2D eigenvalue weighted by Crippen LogP contribution is -2.49. The summed E-state index contributed by atoms with van der Waals surface area (Å²) >= 11 is 0. The third-order valence-electron chi connectivity index (χ3n) is 3.77. The van der Waals surface area contributed by atoms with E-state index in [0.717, 1.165) is 5.52 Å². The predicted octanol–water partition coefficient (Wildman–Crippen LogP) is 1.16. The second-order valence-electron chi connectivity index (χ2n) is 5.22. The molecule has 1 amide bonds. The first kappa shape index (κ1) is 14.5. The highest BCUT2D eigenvalue weighted by atomic mass is 19.1. The molecule has 0 bridgehead atoms. The molecule has 2 N–H and O–H groups in total. The summed E-state index contributed by atoms with van der Waals surface area (Å²) in [5.41, 5.74) is 1.45. The Morgan fingerprint density at radius 2 is 2.27 bits per heavy atom. The zero-order valence-corrected chi connectivity index (χ0v) is 11.7. The zero-order chi connectivity index (χ0) is 15.7. The minimum absolute atomic E-state index is 0.0326. The lowest BCUT2D eigenvalue weighted by Gasteiger charge is -2.30. The van der Waals surface area contributed by atoms with Crippen LogP contribution >= 0.6 is 0 Å². The van der Waals surface area contributed by atoms with E-state index in [-0.39, 0.29) is 31.3 Å². The number of carbonyl (C=O) groups is 2. The Kier molecular flexibility index (Phi) is 3.81. The second kappa shape index (κ2) is 5.76. The van der Waals surface area contributed by atoms with Crippen molar-refractivity contribution in [1.29, 1.82) is 0 Å². The number of carboxylic acids is 1. The normalized spacial score (nSPS) is 18.6. The number of morpholine rings is 1. The molecule has 3 rings (SSSR count). The van der Waals surface area contributed by atoms with Gasteiger partial charge in [0.1, 0.15) is 5.82 Å². The van der Waals surface area contributed by atoms with Crippen molar-refractivity contribution < 1.29 is 23.8 Å². The number of H-pyrrole nitrogens is 1. The van der Waals surface area contributed by atoms with Crippen LogP contribution in [0.1, 0.15) is 5.56 Å². The maximum Gasteiger partial charge on any atom is 0.334 e. The molecule has 1 aromatic carbocycles. The second-order valence-corrected chi connectivity index (χ2v) is 5.22. The van der Waals surface area contributed by atoms with Gasteiger partial charge in [0.25, 0.3) is 0 Å². The summed E-state index contributed by atoms with van der Waals surface area (Å²) in [4.78, 5) is 27.7. The predicted molar refractivity (Wildman–Crippen MR) is 75.9 cm³/mol. The first-order valence-corrected chi connectivity index (χ1v) is 6.92. The van der Waals surface area contributed by atoms with Crippen LogP contribution in [0.5, 0.6) is 0 Å². The number of nitrogens with one attached hydrogen (secondary N) is 1. The van der Waals surface area contributed by atoms with Crippen molar-refractivity contribution in [3.05, 3.63) is 35.8 Å². The molecule has 1 saturated heterocycles. The van der Waals surface area contributed by atoms with Crippen molar-refractivity contribution in [2.75, 3.05) is 19.7 Å². The molecular formula is C15H15FN2O4. The minimum Gasteiger partial charge on any atom is -0.479 e. The molecule has 1 aromatic heterocycles. The number of nitrogens with zero attached hydrogens (tertiary/aromatic N) is 1. The Balaban J connectivity index is 1.75. The van der Waals surface area contributed by atoms with Crippen LogP contribution in [-0.4, -0.2) is 52.7 Å². The summed E-state index contributed by atoms with van der Waals surface area (Å²) in [5, 5.41) is 9.62. The summed E-state index contributed by atoms with van der Waals surface area (Å²) < 4.78 is 18.4. The third-order valence-corrected chi connectivity index (χ3v) is 3.77. The molecule has 1 atom stereocenters. The molecule has 0 saturated carbocycles. The first-order chi connectivity index (χ1) is 10.5. The fraction of sp³-hybridized carbons (Fsp3) is 0.333. The number of benzene rings is 1. The van der Waals surface area contributed by atoms with Crippen molar-refractivity contribution in [1.82, 2.24) is 9.88 Å². The van der Waals surface area contributed by atoms with Crippen LogP contribution in [0, 0.1) is 5.82 Å². The van der Waals surface area contributed by atoms with E-state index in [1.54, 1.807) is 12.3 Å². The first-order valence-electron chi connectivity index (χ1n) is 6.92. The van der Waals surface area contributed by atoms with Gasteiger partial charge in [0.2, 0.25) is 5.91 Å². The standard InChI is InChI=1S/C15H15FN2O4/c16-10-1-2-12-11(6-10)9(7-17-12)5-14(19)18-3-4-22-13(8-18)15(20)21/h1-2,6-7,13,17H,3-5,8H2,(H,20,21)/t13-/m0/s1. The Morgan fingerprint density at radius 3 is 3.05 bits per heavy atom. The van der Waals surface area contributed by atoms with Gasteiger partial charge in [-0.15, -0.1) is 0 Å². The van der Waals surface area contributed by atoms with E-state index in [9.17, 15) is 14.0 Å². The summed E-state index contributed by atoms with van der Waals surface area (Å²) in [5.74, 6) is -1.63. The lowest BCUT2D eigenvalue weighted by atomic mass is 10.1. The highest BCUT2D eigenvalue weighted by molar-refractivity contribution is 5.89. The lowest BCUT2D eigenvalue weighted by molar-refractivity contribution is -0.159. The maximum absolute atomic E-state index is 13.3. The SMILES string of the molecule is O=C(O)[C@@H]1CN(C(=O)Cc2c[nH]c3ccc(F)cc23)CCO1. The average Bonchev–Trinajstić information content (AvgIpc) is 2.89. The number of rotatable bonds is 3. The van der Waals surface area contributed by atoms with Gasteiger partial charge in [-0.3, -0.25) is 4.79 Å². The number of aromatic amines is 1.